The Morgan fingerprint density at radius 1 is 1.00 bits per heavy atom. The molecule has 29 heavy (non-hydrogen) atoms. The summed E-state index contributed by atoms with van der Waals surface area (Å²) in [5, 5.41) is 17.6. The third-order valence-electron chi connectivity index (χ3n) is 3.33. The second-order valence-electron chi connectivity index (χ2n) is 5.39. The normalized spacial score (nSPS) is 12.1. The lowest BCUT2D eigenvalue weighted by molar-refractivity contribution is 0.0696. The van der Waals surface area contributed by atoms with E-state index in [1.807, 2.05) is 0 Å². The SMILES string of the molecule is C1CCOC1.O=C(O)c1cc(F)c(Br)cc1Cl.OCc1cc(F)c(Br)cc1Cl.[B]. The zero-order valence-electron chi connectivity index (χ0n) is 14.9. The number of aliphatic hydroxyl groups excluding tert-OH is 1. The van der Waals surface area contributed by atoms with E-state index in [-0.39, 0.29) is 30.1 Å². The fourth-order valence-corrected chi connectivity index (χ4v) is 3.30. The number of carboxylic acids is 1. The lowest BCUT2D eigenvalue weighted by Gasteiger charge is -2.01. The lowest BCUT2D eigenvalue weighted by atomic mass is 10.2. The topological polar surface area (TPSA) is 66.8 Å². The molecule has 2 aromatic rings. The van der Waals surface area contributed by atoms with Gasteiger partial charge in [-0.15, -0.1) is 0 Å². The molecule has 0 aromatic heterocycles. The Bertz CT molecular complexity index is 817. The number of ether oxygens (including phenoxy) is 1. The van der Waals surface area contributed by atoms with Gasteiger partial charge in [-0.1, -0.05) is 23.2 Å². The van der Waals surface area contributed by atoms with Gasteiger partial charge in [-0.3, -0.25) is 0 Å². The standard InChI is InChI=1S/C7H3BrClFO2.C7H5BrClFO.C4H8O.B/c8-4-2-5(9)3(7(11)12)1-6(4)10;8-5-2-6(9)4(3-11)1-7(5)10;1-2-4-5-3-1;/h1-2H,(H,11,12);1-2,11H,3H2;1-4H2;. The van der Waals surface area contributed by atoms with Crippen LogP contribution in [-0.2, 0) is 11.3 Å². The Balaban J connectivity index is 0.000000427. The summed E-state index contributed by atoms with van der Waals surface area (Å²) in [6, 6.07) is 4.70. The van der Waals surface area contributed by atoms with Gasteiger partial charge in [0.05, 0.1) is 26.1 Å². The van der Waals surface area contributed by atoms with Crippen molar-refractivity contribution < 1.29 is 28.5 Å². The molecule has 0 aliphatic carbocycles. The maximum Gasteiger partial charge on any atom is 0.337 e. The smallest absolute Gasteiger partial charge is 0.337 e. The zero-order valence-corrected chi connectivity index (χ0v) is 19.6. The van der Waals surface area contributed by atoms with Crippen LogP contribution in [0.5, 0.6) is 0 Å². The monoisotopic (exact) mass is 573 g/mol. The highest BCUT2D eigenvalue weighted by Gasteiger charge is 2.12. The van der Waals surface area contributed by atoms with Crippen LogP contribution in [0.2, 0.25) is 10.0 Å². The van der Waals surface area contributed by atoms with E-state index in [1.54, 1.807) is 0 Å². The molecule has 11 heteroatoms. The molecule has 0 bridgehead atoms. The Kier molecular flexibility index (Phi) is 14.0. The second-order valence-corrected chi connectivity index (χ2v) is 7.91. The van der Waals surface area contributed by atoms with Crippen LogP contribution in [0.25, 0.3) is 0 Å². The molecule has 0 unspecified atom stereocenters. The fourth-order valence-electron chi connectivity index (χ4n) is 1.88. The Labute approximate surface area is 196 Å². The minimum atomic E-state index is -1.24. The van der Waals surface area contributed by atoms with Crippen LogP contribution < -0.4 is 0 Å². The summed E-state index contributed by atoms with van der Waals surface area (Å²) in [7, 11) is 0. The number of carbonyl (C=O) groups is 1. The van der Waals surface area contributed by atoms with Crippen molar-refractivity contribution in [3.8, 4) is 0 Å². The van der Waals surface area contributed by atoms with Crippen molar-refractivity contribution >= 4 is 69.4 Å². The van der Waals surface area contributed by atoms with Gasteiger partial charge in [0.25, 0.3) is 0 Å². The highest BCUT2D eigenvalue weighted by atomic mass is 79.9. The number of hydrogen-bond donors (Lipinski definition) is 2. The molecule has 0 amide bonds. The molecule has 1 aliphatic heterocycles. The van der Waals surface area contributed by atoms with Crippen LogP contribution >= 0.6 is 55.1 Å². The van der Waals surface area contributed by atoms with Crippen LogP contribution in [0.1, 0.15) is 28.8 Å². The van der Waals surface area contributed by atoms with E-state index in [1.165, 1.54) is 31.0 Å². The largest absolute Gasteiger partial charge is 0.478 e. The number of rotatable bonds is 2. The molecule has 1 heterocycles. The minimum absolute atomic E-state index is 0. The van der Waals surface area contributed by atoms with Gasteiger partial charge in [0.15, 0.2) is 0 Å². The average Bonchev–Trinajstić information content (AvgIpc) is 3.21. The van der Waals surface area contributed by atoms with Gasteiger partial charge in [-0.2, -0.15) is 0 Å². The Morgan fingerprint density at radius 3 is 1.90 bits per heavy atom. The highest BCUT2D eigenvalue weighted by Crippen LogP contribution is 2.25. The van der Waals surface area contributed by atoms with Crippen molar-refractivity contribution in [3.63, 3.8) is 0 Å². The van der Waals surface area contributed by atoms with Crippen LogP contribution in [0.15, 0.2) is 33.2 Å². The van der Waals surface area contributed by atoms with Gasteiger partial charge in [0, 0.05) is 26.6 Å². The molecule has 157 valence electrons. The summed E-state index contributed by atoms with van der Waals surface area (Å²) in [4.78, 5) is 10.4. The number of aliphatic hydroxyl groups is 1. The Morgan fingerprint density at radius 2 is 1.48 bits per heavy atom. The number of aromatic carboxylic acids is 1. The molecule has 1 aliphatic rings. The van der Waals surface area contributed by atoms with E-state index in [2.05, 4.69) is 31.9 Å². The number of benzene rings is 2. The molecule has 1 fully saturated rings. The van der Waals surface area contributed by atoms with Gasteiger partial charge >= 0.3 is 5.97 Å². The molecule has 0 saturated carbocycles. The van der Waals surface area contributed by atoms with Crippen molar-refractivity contribution in [2.75, 3.05) is 13.2 Å². The predicted octanol–water partition coefficient (Wildman–Crippen LogP) is 6.09. The van der Waals surface area contributed by atoms with Gasteiger partial charge in [0.2, 0.25) is 0 Å². The van der Waals surface area contributed by atoms with Crippen LogP contribution in [0.3, 0.4) is 0 Å². The van der Waals surface area contributed by atoms with Crippen molar-refractivity contribution in [2.24, 2.45) is 0 Å². The zero-order chi connectivity index (χ0) is 21.3. The average molecular weight is 576 g/mol. The maximum absolute atomic E-state index is 12.8. The van der Waals surface area contributed by atoms with E-state index >= 15 is 0 Å². The van der Waals surface area contributed by atoms with Crippen LogP contribution in [-0.4, -0.2) is 37.8 Å². The first-order chi connectivity index (χ1) is 13.2. The summed E-state index contributed by atoms with van der Waals surface area (Å²) in [5.41, 5.74) is 0.157. The van der Waals surface area contributed by atoms with Gasteiger partial charge < -0.3 is 14.9 Å². The van der Waals surface area contributed by atoms with E-state index in [9.17, 15) is 13.6 Å². The molecule has 2 N–H and O–H groups in total. The minimum Gasteiger partial charge on any atom is -0.478 e. The van der Waals surface area contributed by atoms with E-state index < -0.39 is 17.6 Å². The van der Waals surface area contributed by atoms with Crippen molar-refractivity contribution in [2.45, 2.75) is 19.4 Å². The fraction of sp³-hybridized carbons (Fsp3) is 0.278. The third-order valence-corrected chi connectivity index (χ3v) is 5.21. The van der Waals surface area contributed by atoms with Crippen molar-refractivity contribution in [3.05, 3.63) is 66.0 Å². The molecular formula is C18H16BBr2Cl2F2O4. The van der Waals surface area contributed by atoms with Gasteiger partial charge in [-0.25, -0.2) is 13.6 Å². The predicted molar refractivity (Wildman–Crippen MR) is 117 cm³/mol. The summed E-state index contributed by atoms with van der Waals surface area (Å²) in [6.07, 6.45) is 2.56. The lowest BCUT2D eigenvalue weighted by Crippen LogP contribution is -1.98. The maximum atomic E-state index is 12.8. The quantitative estimate of drug-likeness (QED) is 0.336. The molecule has 1 saturated heterocycles. The first kappa shape index (κ1) is 28.3. The van der Waals surface area contributed by atoms with Crippen molar-refractivity contribution in [1.29, 1.82) is 0 Å². The molecule has 0 atom stereocenters. The summed E-state index contributed by atoms with van der Waals surface area (Å²) in [5.74, 6) is -2.30. The summed E-state index contributed by atoms with van der Waals surface area (Å²) in [6.45, 7) is 1.75. The van der Waals surface area contributed by atoms with E-state index in [0.717, 1.165) is 19.3 Å². The highest BCUT2D eigenvalue weighted by molar-refractivity contribution is 9.10. The second kappa shape index (κ2) is 14.3. The number of carboxylic acid groups (broad SMARTS) is 1. The summed E-state index contributed by atoms with van der Waals surface area (Å²) >= 11 is 17.0. The van der Waals surface area contributed by atoms with Crippen molar-refractivity contribution in [1.82, 2.24) is 0 Å². The van der Waals surface area contributed by atoms with Crippen LogP contribution in [0.4, 0.5) is 8.78 Å². The number of hydrogen-bond acceptors (Lipinski definition) is 3. The van der Waals surface area contributed by atoms with Gasteiger partial charge in [-0.05, 0) is 74.5 Å². The third kappa shape index (κ3) is 9.76. The molecule has 4 nitrogen and oxygen atoms in total. The molecule has 0 spiro atoms. The first-order valence-electron chi connectivity index (χ1n) is 7.87. The molecular weight excluding hydrogens is 560 g/mol. The van der Waals surface area contributed by atoms with E-state index in [4.69, 9.17) is 38.2 Å². The molecule has 3 rings (SSSR count). The van der Waals surface area contributed by atoms with Crippen LogP contribution in [0, 0.1) is 11.6 Å². The van der Waals surface area contributed by atoms with E-state index in [0.29, 0.717) is 15.1 Å². The first-order valence-corrected chi connectivity index (χ1v) is 10.2. The van der Waals surface area contributed by atoms with Gasteiger partial charge in [0.1, 0.15) is 11.6 Å². The molecule has 3 radical (unpaired) electrons. The molecule has 2 aromatic carbocycles. The summed E-state index contributed by atoms with van der Waals surface area (Å²) < 4.78 is 30.9. The number of halogens is 6. The Hall–Kier alpha value is -0.705.